The summed E-state index contributed by atoms with van der Waals surface area (Å²) >= 11 is 0. The summed E-state index contributed by atoms with van der Waals surface area (Å²) in [5.41, 5.74) is 5.43. The minimum absolute atomic E-state index is 0. The fraction of sp³-hybridized carbons (Fsp3) is 0. The Labute approximate surface area is 199 Å². The molecular formula is C27H17IrN3O-2. The topological polar surface area (TPSA) is 51.8 Å². The van der Waals surface area contributed by atoms with Gasteiger partial charge in [-0.25, -0.2) is 0 Å². The molecule has 6 aromatic rings. The van der Waals surface area contributed by atoms with Crippen LogP contribution < -0.4 is 0 Å². The number of aromatic nitrogens is 3. The second kappa shape index (κ2) is 10.1. The third-order valence-electron chi connectivity index (χ3n) is 4.80. The average molecular weight is 592 g/mol. The number of hydrogen-bond acceptors (Lipinski definition) is 4. The Morgan fingerprint density at radius 2 is 1.50 bits per heavy atom. The van der Waals surface area contributed by atoms with Gasteiger partial charge in [-0.15, -0.1) is 53.6 Å². The maximum absolute atomic E-state index is 5.75. The molecule has 1 radical (unpaired) electrons. The van der Waals surface area contributed by atoms with Gasteiger partial charge < -0.3 is 19.4 Å². The number of furan rings is 1. The summed E-state index contributed by atoms with van der Waals surface area (Å²) in [4.78, 5) is 12.6. The smallest absolute Gasteiger partial charge is 0.151 e. The van der Waals surface area contributed by atoms with Gasteiger partial charge in [0.15, 0.2) is 5.58 Å². The normalized spacial score (nSPS) is 10.2. The van der Waals surface area contributed by atoms with Crippen molar-refractivity contribution in [3.8, 4) is 22.5 Å². The monoisotopic (exact) mass is 592 g/mol. The van der Waals surface area contributed by atoms with Crippen LogP contribution in [0.2, 0.25) is 0 Å². The molecule has 0 unspecified atom stereocenters. The van der Waals surface area contributed by atoms with E-state index in [0.29, 0.717) is 0 Å². The average Bonchev–Trinajstić information content (AvgIpc) is 3.24. The maximum Gasteiger partial charge on any atom is 0.151 e. The Kier molecular flexibility index (Phi) is 6.81. The molecule has 0 aliphatic carbocycles. The molecule has 0 fully saturated rings. The molecule has 5 heteroatoms. The van der Waals surface area contributed by atoms with Crippen LogP contribution in [-0.4, -0.2) is 15.0 Å². The number of nitrogens with zero attached hydrogens (tertiary/aromatic N) is 3. The van der Waals surface area contributed by atoms with Crippen molar-refractivity contribution >= 4 is 21.9 Å². The number of fused-ring (bicyclic) bond motifs is 3. The Morgan fingerprint density at radius 1 is 0.656 bits per heavy atom. The van der Waals surface area contributed by atoms with E-state index < -0.39 is 0 Å². The summed E-state index contributed by atoms with van der Waals surface area (Å²) in [5.74, 6) is 0. The molecule has 4 heterocycles. The molecule has 32 heavy (non-hydrogen) atoms. The third kappa shape index (κ3) is 4.65. The molecule has 0 N–H and O–H groups in total. The first-order valence-electron chi connectivity index (χ1n) is 9.87. The minimum Gasteiger partial charge on any atom is -0.455 e. The van der Waals surface area contributed by atoms with E-state index in [1.807, 2.05) is 78.9 Å². The Balaban J connectivity index is 0.000000164. The molecule has 2 aromatic carbocycles. The fourth-order valence-electron chi connectivity index (χ4n) is 3.32. The van der Waals surface area contributed by atoms with E-state index in [4.69, 9.17) is 4.42 Å². The predicted molar refractivity (Wildman–Crippen MR) is 122 cm³/mol. The van der Waals surface area contributed by atoms with Gasteiger partial charge in [-0.05, 0) is 29.7 Å². The Hall–Kier alpha value is -3.66. The second-order valence-electron chi connectivity index (χ2n) is 6.82. The van der Waals surface area contributed by atoms with Crippen molar-refractivity contribution in [2.24, 2.45) is 0 Å². The summed E-state index contributed by atoms with van der Waals surface area (Å²) in [6.45, 7) is 0. The van der Waals surface area contributed by atoms with Crippen LogP contribution in [-0.2, 0) is 20.1 Å². The first-order valence-corrected chi connectivity index (χ1v) is 9.87. The quantitative estimate of drug-likeness (QED) is 0.219. The van der Waals surface area contributed by atoms with E-state index in [-0.39, 0.29) is 20.1 Å². The van der Waals surface area contributed by atoms with Crippen LogP contribution in [0.3, 0.4) is 0 Å². The second-order valence-corrected chi connectivity index (χ2v) is 6.82. The van der Waals surface area contributed by atoms with Gasteiger partial charge in [-0.3, -0.25) is 0 Å². The third-order valence-corrected chi connectivity index (χ3v) is 4.80. The van der Waals surface area contributed by atoms with Crippen LogP contribution in [0.4, 0.5) is 0 Å². The van der Waals surface area contributed by atoms with Crippen LogP contribution in [0, 0.1) is 12.3 Å². The van der Waals surface area contributed by atoms with Gasteiger partial charge in [0.05, 0.1) is 6.20 Å². The van der Waals surface area contributed by atoms with E-state index in [1.54, 1.807) is 18.6 Å². The van der Waals surface area contributed by atoms with Crippen molar-refractivity contribution < 1.29 is 24.5 Å². The summed E-state index contributed by atoms with van der Waals surface area (Å²) in [6.07, 6.45) is 8.19. The zero-order valence-electron chi connectivity index (χ0n) is 16.9. The molecule has 0 amide bonds. The Bertz CT molecular complexity index is 1380. The zero-order chi connectivity index (χ0) is 20.9. The van der Waals surface area contributed by atoms with Crippen molar-refractivity contribution in [1.82, 2.24) is 15.0 Å². The molecule has 0 saturated carbocycles. The number of benzene rings is 2. The fourth-order valence-corrected chi connectivity index (χ4v) is 3.32. The number of rotatable bonds is 2. The SMILES string of the molecule is [Ir].[c-]1ccccc1-c1ccccn1.[c-]1ncccc1-c1cc2c(cn1)oc1ccccc12. The van der Waals surface area contributed by atoms with Crippen LogP contribution in [0.1, 0.15) is 0 Å². The predicted octanol–water partition coefficient (Wildman–Crippen LogP) is 6.39. The standard InChI is InChI=1S/C16H9N2O.C11H8N.Ir/c1-2-6-15-12(5-1)13-8-14(18-10-16(13)19-15)11-4-3-7-17-9-11;1-2-6-10(7-3-1)11-8-4-5-9-12-11;/h1-8,10H;1-6,8-9H;/q2*-1;. The van der Waals surface area contributed by atoms with E-state index in [2.05, 4.69) is 33.3 Å². The number of para-hydroxylation sites is 1. The van der Waals surface area contributed by atoms with Crippen LogP contribution >= 0.6 is 0 Å². The van der Waals surface area contributed by atoms with Gasteiger partial charge in [0.25, 0.3) is 0 Å². The van der Waals surface area contributed by atoms with Crippen LogP contribution in [0.5, 0.6) is 0 Å². The van der Waals surface area contributed by atoms with Crippen molar-refractivity contribution in [2.45, 2.75) is 0 Å². The molecule has 157 valence electrons. The zero-order valence-corrected chi connectivity index (χ0v) is 19.3. The Morgan fingerprint density at radius 3 is 2.28 bits per heavy atom. The molecule has 0 spiro atoms. The van der Waals surface area contributed by atoms with Crippen LogP contribution in [0.15, 0.2) is 108 Å². The van der Waals surface area contributed by atoms with Crippen molar-refractivity contribution in [3.05, 3.63) is 116 Å². The summed E-state index contributed by atoms with van der Waals surface area (Å²) in [7, 11) is 0. The van der Waals surface area contributed by atoms with Gasteiger partial charge in [-0.1, -0.05) is 42.6 Å². The minimum atomic E-state index is 0. The van der Waals surface area contributed by atoms with Crippen LogP contribution in [0.25, 0.3) is 44.5 Å². The van der Waals surface area contributed by atoms with Crippen molar-refractivity contribution in [2.75, 3.05) is 0 Å². The van der Waals surface area contributed by atoms with Crippen molar-refractivity contribution in [1.29, 1.82) is 0 Å². The molecule has 0 aliphatic rings. The molecular weight excluding hydrogens is 575 g/mol. The summed E-state index contributed by atoms with van der Waals surface area (Å²) < 4.78 is 5.75. The summed E-state index contributed by atoms with van der Waals surface area (Å²) in [6, 6.07) is 30.7. The molecule has 4 nitrogen and oxygen atoms in total. The number of pyridine rings is 3. The van der Waals surface area contributed by atoms with Gasteiger partial charge in [0.2, 0.25) is 0 Å². The largest absolute Gasteiger partial charge is 0.455 e. The first-order chi connectivity index (χ1) is 15.4. The van der Waals surface area contributed by atoms with E-state index in [1.165, 1.54) is 0 Å². The first kappa shape index (κ1) is 21.6. The van der Waals surface area contributed by atoms with Gasteiger partial charge in [0.1, 0.15) is 5.58 Å². The molecule has 6 rings (SSSR count). The van der Waals surface area contributed by atoms with Gasteiger partial charge >= 0.3 is 0 Å². The molecule has 0 atom stereocenters. The maximum atomic E-state index is 5.75. The van der Waals surface area contributed by atoms with E-state index >= 15 is 0 Å². The van der Waals surface area contributed by atoms with Gasteiger partial charge in [-0.2, -0.15) is 0 Å². The number of hydrogen-bond donors (Lipinski definition) is 0. The molecule has 0 saturated heterocycles. The summed E-state index contributed by atoms with van der Waals surface area (Å²) in [5, 5.41) is 2.17. The molecule has 4 aromatic heterocycles. The van der Waals surface area contributed by atoms with E-state index in [0.717, 1.165) is 44.5 Å². The molecule has 0 bridgehead atoms. The van der Waals surface area contributed by atoms with Crippen molar-refractivity contribution in [3.63, 3.8) is 0 Å². The molecule has 0 aliphatic heterocycles. The van der Waals surface area contributed by atoms with E-state index in [9.17, 15) is 0 Å². The van der Waals surface area contributed by atoms with Gasteiger partial charge in [0, 0.05) is 37.1 Å².